The van der Waals surface area contributed by atoms with Gasteiger partial charge >= 0.3 is 5.69 Å². The molecular formula is C28H26BrN5O5. The van der Waals surface area contributed by atoms with Gasteiger partial charge in [0, 0.05) is 27.7 Å². The van der Waals surface area contributed by atoms with Crippen LogP contribution in [-0.4, -0.2) is 33.3 Å². The van der Waals surface area contributed by atoms with Crippen molar-refractivity contribution in [3.8, 4) is 5.75 Å². The summed E-state index contributed by atoms with van der Waals surface area (Å²) in [6, 6.07) is 16.8. The van der Waals surface area contributed by atoms with Crippen molar-refractivity contribution in [2.75, 3.05) is 11.9 Å². The van der Waals surface area contributed by atoms with Gasteiger partial charge in [0.05, 0.1) is 22.0 Å². The average molecular weight is 592 g/mol. The van der Waals surface area contributed by atoms with Gasteiger partial charge in [-0.3, -0.25) is 19.7 Å². The average Bonchev–Trinajstić information content (AvgIpc) is 2.92. The van der Waals surface area contributed by atoms with Gasteiger partial charge in [-0.25, -0.2) is 4.98 Å². The predicted octanol–water partition coefficient (Wildman–Crippen LogP) is 5.79. The number of rotatable bonds is 9. The fourth-order valence-electron chi connectivity index (χ4n) is 3.88. The first-order valence-electron chi connectivity index (χ1n) is 12.2. The number of nitrogens with zero attached hydrogens (tertiary/aromatic N) is 4. The van der Waals surface area contributed by atoms with Gasteiger partial charge in [0.15, 0.2) is 6.61 Å². The van der Waals surface area contributed by atoms with E-state index in [9.17, 15) is 19.7 Å². The van der Waals surface area contributed by atoms with Crippen molar-refractivity contribution in [2.45, 2.75) is 33.1 Å². The van der Waals surface area contributed by atoms with Crippen molar-refractivity contribution in [3.05, 3.63) is 103 Å². The van der Waals surface area contributed by atoms with Crippen LogP contribution in [0, 0.1) is 17.0 Å². The maximum absolute atomic E-state index is 13.4. The van der Waals surface area contributed by atoms with Crippen molar-refractivity contribution < 1.29 is 14.5 Å². The number of para-hydroxylation sites is 2. The zero-order valence-corrected chi connectivity index (χ0v) is 23.1. The lowest BCUT2D eigenvalue weighted by atomic mass is 10.1. The molecule has 200 valence electrons. The second-order valence-corrected chi connectivity index (χ2v) is 9.82. The third-order valence-corrected chi connectivity index (χ3v) is 6.68. The first-order valence-corrected chi connectivity index (χ1v) is 13.0. The molecule has 1 atom stereocenters. The molecule has 0 fully saturated rings. The number of benzene rings is 3. The first-order chi connectivity index (χ1) is 18.7. The fourth-order valence-corrected chi connectivity index (χ4v) is 4.24. The molecule has 0 spiro atoms. The number of hydrogen-bond acceptors (Lipinski definition) is 7. The molecule has 4 aromatic rings. The Hall–Kier alpha value is -4.38. The number of aromatic nitrogens is 2. The molecule has 0 unspecified atom stereocenters. The van der Waals surface area contributed by atoms with Crippen LogP contribution in [0.2, 0.25) is 0 Å². The Bertz CT molecular complexity index is 1650. The number of hydrogen-bond donors (Lipinski definition) is 1. The molecular weight excluding hydrogens is 566 g/mol. The van der Waals surface area contributed by atoms with Crippen LogP contribution in [0.15, 0.2) is 75.0 Å². The lowest BCUT2D eigenvalue weighted by molar-refractivity contribution is -0.385. The monoisotopic (exact) mass is 591 g/mol. The van der Waals surface area contributed by atoms with E-state index in [0.717, 1.165) is 10.0 Å². The van der Waals surface area contributed by atoms with E-state index in [1.54, 1.807) is 30.3 Å². The number of fused-ring (bicyclic) bond motifs is 1. The van der Waals surface area contributed by atoms with Crippen LogP contribution in [0.3, 0.4) is 0 Å². The topological polar surface area (TPSA) is 129 Å². The van der Waals surface area contributed by atoms with E-state index in [1.807, 2.05) is 39.0 Å². The van der Waals surface area contributed by atoms with Crippen LogP contribution in [0.1, 0.15) is 43.1 Å². The molecule has 0 saturated carbocycles. The van der Waals surface area contributed by atoms with Gasteiger partial charge < -0.3 is 10.1 Å². The van der Waals surface area contributed by atoms with E-state index in [1.165, 1.54) is 23.0 Å². The third-order valence-electron chi connectivity index (χ3n) is 6.19. The standard InChI is InChI=1S/C28H26BrN5O5/c1-4-17(2)27-32-23-13-12-20(29)14-21(23)28(36)33(27)30-15-19-9-7-11-24(34(37)38)26(19)39-16-25(35)31-22-10-6-5-8-18(22)3/h5-15,17H,4,16H2,1-3H3,(H,31,35)/t17-/m0/s1. The molecule has 0 aliphatic carbocycles. The lowest BCUT2D eigenvalue weighted by Crippen LogP contribution is -2.24. The minimum atomic E-state index is -0.599. The Morgan fingerprint density at radius 1 is 1.23 bits per heavy atom. The maximum atomic E-state index is 13.4. The second kappa shape index (κ2) is 12.0. The zero-order valence-electron chi connectivity index (χ0n) is 21.6. The molecule has 0 bridgehead atoms. The van der Waals surface area contributed by atoms with Gasteiger partial charge in [0.2, 0.25) is 5.75 Å². The number of carbonyl (C=O) groups is 1. The van der Waals surface area contributed by atoms with Crippen molar-refractivity contribution in [1.29, 1.82) is 0 Å². The van der Waals surface area contributed by atoms with Crippen LogP contribution in [0.5, 0.6) is 5.75 Å². The molecule has 11 heteroatoms. The van der Waals surface area contributed by atoms with Gasteiger partial charge in [-0.15, -0.1) is 0 Å². The third kappa shape index (κ3) is 6.20. The molecule has 1 N–H and O–H groups in total. The predicted molar refractivity (Wildman–Crippen MR) is 154 cm³/mol. The Morgan fingerprint density at radius 2 is 2.00 bits per heavy atom. The number of aryl methyl sites for hydroxylation is 1. The number of nitrogens with one attached hydrogen (secondary N) is 1. The molecule has 4 rings (SSSR count). The first kappa shape index (κ1) is 27.6. The van der Waals surface area contributed by atoms with E-state index in [4.69, 9.17) is 4.74 Å². The number of nitro benzene ring substituents is 1. The molecule has 10 nitrogen and oxygen atoms in total. The highest BCUT2D eigenvalue weighted by atomic mass is 79.9. The van der Waals surface area contributed by atoms with E-state index in [-0.39, 0.29) is 28.5 Å². The number of amides is 1. The minimum absolute atomic E-state index is 0.0890. The van der Waals surface area contributed by atoms with Gasteiger partial charge in [-0.05, 0) is 49.2 Å². The summed E-state index contributed by atoms with van der Waals surface area (Å²) in [5.41, 5.74) is 1.54. The van der Waals surface area contributed by atoms with Crippen LogP contribution in [-0.2, 0) is 4.79 Å². The number of anilines is 1. The number of carbonyl (C=O) groups excluding carboxylic acids is 1. The summed E-state index contributed by atoms with van der Waals surface area (Å²) in [6.07, 6.45) is 2.02. The second-order valence-electron chi connectivity index (χ2n) is 8.91. The summed E-state index contributed by atoms with van der Waals surface area (Å²) in [7, 11) is 0. The van der Waals surface area contributed by atoms with Crippen LogP contribution >= 0.6 is 15.9 Å². The Balaban J connectivity index is 1.71. The summed E-state index contributed by atoms with van der Waals surface area (Å²) in [4.78, 5) is 41.8. The van der Waals surface area contributed by atoms with E-state index in [0.29, 0.717) is 28.8 Å². The van der Waals surface area contributed by atoms with Crippen molar-refractivity contribution in [2.24, 2.45) is 5.10 Å². The van der Waals surface area contributed by atoms with Gasteiger partial charge in [-0.1, -0.05) is 54.0 Å². The van der Waals surface area contributed by atoms with Crippen LogP contribution < -0.4 is 15.6 Å². The van der Waals surface area contributed by atoms with Crippen molar-refractivity contribution in [3.63, 3.8) is 0 Å². The molecule has 0 saturated heterocycles. The lowest BCUT2D eigenvalue weighted by Gasteiger charge is -2.14. The molecule has 1 amide bonds. The zero-order chi connectivity index (χ0) is 28.1. The Labute approximate surface area is 232 Å². The molecule has 3 aromatic carbocycles. The molecule has 39 heavy (non-hydrogen) atoms. The molecule has 0 aliphatic rings. The van der Waals surface area contributed by atoms with Crippen molar-refractivity contribution in [1.82, 2.24) is 9.66 Å². The molecule has 1 heterocycles. The quantitative estimate of drug-likeness (QED) is 0.149. The minimum Gasteiger partial charge on any atom is -0.476 e. The maximum Gasteiger partial charge on any atom is 0.311 e. The SMILES string of the molecule is CC[C@H](C)c1nc2ccc(Br)cc2c(=O)n1N=Cc1cccc([N+](=O)[O-])c1OCC(=O)Nc1ccccc1C. The molecule has 1 aromatic heterocycles. The normalized spacial score (nSPS) is 12.0. The number of ether oxygens (including phenoxy) is 1. The Morgan fingerprint density at radius 3 is 2.72 bits per heavy atom. The largest absolute Gasteiger partial charge is 0.476 e. The highest BCUT2D eigenvalue weighted by molar-refractivity contribution is 9.10. The fraction of sp³-hybridized carbons (Fsp3) is 0.214. The van der Waals surface area contributed by atoms with Gasteiger partial charge in [0.1, 0.15) is 5.82 Å². The van der Waals surface area contributed by atoms with E-state index < -0.39 is 17.4 Å². The summed E-state index contributed by atoms with van der Waals surface area (Å²) in [5.74, 6) is -0.251. The smallest absolute Gasteiger partial charge is 0.311 e. The van der Waals surface area contributed by atoms with Gasteiger partial charge in [-0.2, -0.15) is 9.78 Å². The summed E-state index contributed by atoms with van der Waals surface area (Å²) >= 11 is 3.39. The van der Waals surface area contributed by atoms with Gasteiger partial charge in [0.25, 0.3) is 11.5 Å². The van der Waals surface area contributed by atoms with E-state index in [2.05, 4.69) is 31.3 Å². The highest BCUT2D eigenvalue weighted by Gasteiger charge is 2.21. The number of nitro groups is 1. The summed E-state index contributed by atoms with van der Waals surface area (Å²) in [6.45, 7) is 5.30. The van der Waals surface area contributed by atoms with E-state index >= 15 is 0 Å². The summed E-state index contributed by atoms with van der Waals surface area (Å²) < 4.78 is 7.58. The molecule has 0 aliphatic heterocycles. The summed E-state index contributed by atoms with van der Waals surface area (Å²) in [5, 5.41) is 19.3. The molecule has 0 radical (unpaired) electrons. The van der Waals surface area contributed by atoms with Crippen LogP contribution in [0.4, 0.5) is 11.4 Å². The highest BCUT2D eigenvalue weighted by Crippen LogP contribution is 2.30. The van der Waals surface area contributed by atoms with Crippen molar-refractivity contribution >= 4 is 50.3 Å². The Kier molecular flexibility index (Phi) is 8.50. The number of halogens is 1. The van der Waals surface area contributed by atoms with Crippen LogP contribution in [0.25, 0.3) is 10.9 Å².